The largest absolute Gasteiger partial charge is 0.378 e. The molecule has 1 aliphatic rings. The van der Waals surface area contributed by atoms with Crippen molar-refractivity contribution in [3.05, 3.63) is 11.1 Å². The fraction of sp³-hybridized carbons (Fsp3) is 0.769. The van der Waals surface area contributed by atoms with Crippen LogP contribution in [0.5, 0.6) is 0 Å². The summed E-state index contributed by atoms with van der Waals surface area (Å²) in [5, 5.41) is 6.72. The summed E-state index contributed by atoms with van der Waals surface area (Å²) in [6.07, 6.45) is 2.48. The second kappa shape index (κ2) is 4.94. The summed E-state index contributed by atoms with van der Waals surface area (Å²) in [4.78, 5) is 4.55. The van der Waals surface area contributed by atoms with Crippen molar-refractivity contribution in [2.75, 3.05) is 11.9 Å². The number of hydrogen-bond acceptors (Lipinski definition) is 4. The zero-order valence-electron chi connectivity index (χ0n) is 11.1. The van der Waals surface area contributed by atoms with Gasteiger partial charge in [0.1, 0.15) is 0 Å². The zero-order chi connectivity index (χ0) is 12.5. The van der Waals surface area contributed by atoms with Crippen LogP contribution in [0.15, 0.2) is 5.38 Å². The highest BCUT2D eigenvalue weighted by molar-refractivity contribution is 7.13. The van der Waals surface area contributed by atoms with Gasteiger partial charge in [-0.05, 0) is 19.8 Å². The van der Waals surface area contributed by atoms with Crippen LogP contribution in [-0.4, -0.2) is 23.7 Å². The number of aromatic nitrogens is 1. The number of nitrogens with one attached hydrogen (secondary N) is 1. The quantitative estimate of drug-likeness (QED) is 0.875. The molecule has 2 atom stereocenters. The molecular formula is C13H22N2OS. The van der Waals surface area contributed by atoms with E-state index in [4.69, 9.17) is 4.74 Å². The van der Waals surface area contributed by atoms with E-state index >= 15 is 0 Å². The van der Waals surface area contributed by atoms with Gasteiger partial charge in [-0.25, -0.2) is 4.98 Å². The molecule has 1 heterocycles. The molecule has 1 aromatic heterocycles. The fourth-order valence-corrected chi connectivity index (χ4v) is 3.15. The number of anilines is 1. The molecule has 1 N–H and O–H groups in total. The minimum absolute atomic E-state index is 0.202. The number of nitrogens with zero attached hydrogens (tertiary/aromatic N) is 1. The standard InChI is InChI=1S/C13H22N2OS/c1-5-9-8-17-12(14-9)15-10-7-11(16-6-2)13(10,3)4/h8,10-11H,5-7H2,1-4H3,(H,14,15). The predicted molar refractivity (Wildman–Crippen MR) is 72.7 cm³/mol. The van der Waals surface area contributed by atoms with E-state index in [1.165, 1.54) is 5.69 Å². The smallest absolute Gasteiger partial charge is 0.183 e. The predicted octanol–water partition coefficient (Wildman–Crippen LogP) is 3.32. The molecule has 0 amide bonds. The lowest BCUT2D eigenvalue weighted by molar-refractivity contribution is -0.0975. The third-order valence-electron chi connectivity index (χ3n) is 3.76. The van der Waals surface area contributed by atoms with Crippen molar-refractivity contribution in [2.24, 2.45) is 5.41 Å². The van der Waals surface area contributed by atoms with Gasteiger partial charge in [-0.3, -0.25) is 0 Å². The van der Waals surface area contributed by atoms with E-state index in [2.05, 4.69) is 43.4 Å². The van der Waals surface area contributed by atoms with Crippen molar-refractivity contribution >= 4 is 16.5 Å². The number of hydrogen-bond donors (Lipinski definition) is 1. The maximum atomic E-state index is 5.73. The maximum Gasteiger partial charge on any atom is 0.183 e. The van der Waals surface area contributed by atoms with Crippen LogP contribution in [0, 0.1) is 5.41 Å². The lowest BCUT2D eigenvalue weighted by Gasteiger charge is -2.51. The van der Waals surface area contributed by atoms with E-state index in [1.807, 2.05) is 0 Å². The van der Waals surface area contributed by atoms with E-state index in [9.17, 15) is 0 Å². The average Bonchev–Trinajstić information content (AvgIpc) is 2.75. The molecule has 0 saturated heterocycles. The van der Waals surface area contributed by atoms with Crippen LogP contribution in [0.3, 0.4) is 0 Å². The Morgan fingerprint density at radius 2 is 2.29 bits per heavy atom. The summed E-state index contributed by atoms with van der Waals surface area (Å²) in [5.41, 5.74) is 1.38. The Morgan fingerprint density at radius 3 is 2.82 bits per heavy atom. The second-order valence-corrected chi connectivity index (χ2v) is 6.05. The zero-order valence-corrected chi connectivity index (χ0v) is 11.9. The Morgan fingerprint density at radius 1 is 1.53 bits per heavy atom. The third-order valence-corrected chi connectivity index (χ3v) is 4.58. The topological polar surface area (TPSA) is 34.1 Å². The monoisotopic (exact) mass is 254 g/mol. The molecular weight excluding hydrogens is 232 g/mol. The molecule has 0 bridgehead atoms. The van der Waals surface area contributed by atoms with Gasteiger partial charge in [0.05, 0.1) is 11.8 Å². The van der Waals surface area contributed by atoms with Crippen molar-refractivity contribution < 1.29 is 4.74 Å². The third kappa shape index (κ3) is 2.47. The number of ether oxygens (including phenoxy) is 1. The lowest BCUT2D eigenvalue weighted by atomic mass is 9.64. The Kier molecular flexibility index (Phi) is 3.73. The highest BCUT2D eigenvalue weighted by Gasteiger charge is 2.49. The fourth-order valence-electron chi connectivity index (χ4n) is 2.30. The summed E-state index contributed by atoms with van der Waals surface area (Å²) < 4.78 is 5.73. The molecule has 1 aromatic rings. The molecule has 0 spiro atoms. The summed E-state index contributed by atoms with van der Waals surface area (Å²) in [7, 11) is 0. The van der Waals surface area contributed by atoms with Crippen molar-refractivity contribution in [1.29, 1.82) is 0 Å². The van der Waals surface area contributed by atoms with Gasteiger partial charge in [0.25, 0.3) is 0 Å². The van der Waals surface area contributed by atoms with Gasteiger partial charge in [0.2, 0.25) is 0 Å². The lowest BCUT2D eigenvalue weighted by Crippen LogP contribution is -2.58. The number of rotatable bonds is 5. The normalized spacial score (nSPS) is 26.6. The van der Waals surface area contributed by atoms with E-state index in [-0.39, 0.29) is 5.41 Å². The summed E-state index contributed by atoms with van der Waals surface area (Å²) >= 11 is 1.70. The minimum atomic E-state index is 0.202. The Hall–Kier alpha value is -0.610. The van der Waals surface area contributed by atoms with E-state index < -0.39 is 0 Å². The van der Waals surface area contributed by atoms with Gasteiger partial charge in [0.15, 0.2) is 5.13 Å². The first-order valence-electron chi connectivity index (χ1n) is 6.40. The van der Waals surface area contributed by atoms with Gasteiger partial charge in [0, 0.05) is 23.4 Å². The van der Waals surface area contributed by atoms with Crippen LogP contribution >= 0.6 is 11.3 Å². The van der Waals surface area contributed by atoms with Crippen LogP contribution in [-0.2, 0) is 11.2 Å². The van der Waals surface area contributed by atoms with E-state index in [1.54, 1.807) is 11.3 Å². The molecule has 2 rings (SSSR count). The SMILES string of the molecule is CCOC1CC(Nc2nc(CC)cs2)C1(C)C. The minimum Gasteiger partial charge on any atom is -0.378 e. The van der Waals surface area contributed by atoms with E-state index in [0.717, 1.165) is 24.6 Å². The van der Waals surface area contributed by atoms with Crippen LogP contribution < -0.4 is 5.32 Å². The van der Waals surface area contributed by atoms with Crippen LogP contribution in [0.25, 0.3) is 0 Å². The molecule has 3 nitrogen and oxygen atoms in total. The summed E-state index contributed by atoms with van der Waals surface area (Å²) in [6, 6.07) is 0.481. The first-order valence-corrected chi connectivity index (χ1v) is 7.28. The molecule has 0 aromatic carbocycles. The van der Waals surface area contributed by atoms with Gasteiger partial charge in [-0.2, -0.15) is 0 Å². The van der Waals surface area contributed by atoms with Gasteiger partial charge in [-0.15, -0.1) is 11.3 Å². The first-order chi connectivity index (χ1) is 8.07. The molecule has 0 aliphatic heterocycles. The molecule has 1 saturated carbocycles. The first kappa shape index (κ1) is 12.8. The molecule has 4 heteroatoms. The highest BCUT2D eigenvalue weighted by atomic mass is 32.1. The van der Waals surface area contributed by atoms with Gasteiger partial charge >= 0.3 is 0 Å². The number of thiazole rings is 1. The van der Waals surface area contributed by atoms with E-state index in [0.29, 0.717) is 12.1 Å². The summed E-state index contributed by atoms with van der Waals surface area (Å²) in [5.74, 6) is 0. The van der Waals surface area contributed by atoms with Crippen molar-refractivity contribution in [2.45, 2.75) is 52.7 Å². The van der Waals surface area contributed by atoms with Crippen LogP contribution in [0.1, 0.15) is 39.8 Å². The van der Waals surface area contributed by atoms with Crippen molar-refractivity contribution in [3.8, 4) is 0 Å². The molecule has 17 heavy (non-hydrogen) atoms. The van der Waals surface area contributed by atoms with Gasteiger partial charge < -0.3 is 10.1 Å². The average molecular weight is 254 g/mol. The molecule has 1 aliphatic carbocycles. The Labute approximate surface area is 108 Å². The van der Waals surface area contributed by atoms with Crippen LogP contribution in [0.4, 0.5) is 5.13 Å². The highest BCUT2D eigenvalue weighted by Crippen LogP contribution is 2.44. The Bertz CT molecular complexity index is 375. The van der Waals surface area contributed by atoms with Crippen molar-refractivity contribution in [3.63, 3.8) is 0 Å². The second-order valence-electron chi connectivity index (χ2n) is 5.20. The van der Waals surface area contributed by atoms with Crippen molar-refractivity contribution in [1.82, 2.24) is 4.98 Å². The molecule has 0 radical (unpaired) electrons. The van der Waals surface area contributed by atoms with Crippen LogP contribution in [0.2, 0.25) is 0 Å². The Balaban J connectivity index is 1.93. The van der Waals surface area contributed by atoms with Gasteiger partial charge in [-0.1, -0.05) is 20.8 Å². The molecule has 1 fully saturated rings. The molecule has 2 unspecified atom stereocenters. The summed E-state index contributed by atoms with van der Waals surface area (Å²) in [6.45, 7) is 9.53. The molecule has 96 valence electrons. The maximum absolute atomic E-state index is 5.73. The number of aryl methyl sites for hydroxylation is 1.